The number of quaternary nitrogens is 1. The number of piperazine rings is 1. The molecule has 2 fully saturated rings. The third-order valence-corrected chi connectivity index (χ3v) is 5.33. The van der Waals surface area contributed by atoms with Crippen LogP contribution < -0.4 is 9.80 Å². The Morgan fingerprint density at radius 1 is 1.11 bits per heavy atom. The van der Waals surface area contributed by atoms with Crippen LogP contribution in [0.2, 0.25) is 0 Å². The summed E-state index contributed by atoms with van der Waals surface area (Å²) >= 11 is 0. The number of rotatable bonds is 3. The largest absolute Gasteiger partial charge is 0.327 e. The van der Waals surface area contributed by atoms with Crippen molar-refractivity contribution < 1.29 is 23.7 Å². The zero-order valence-corrected chi connectivity index (χ0v) is 15.2. The number of carbonyl (C=O) groups is 3. The molecular formula is C20H20FN4O3+. The van der Waals surface area contributed by atoms with Crippen molar-refractivity contribution in [2.75, 3.05) is 31.1 Å². The fraction of sp³-hybridized carbons (Fsp3) is 0.300. The van der Waals surface area contributed by atoms with E-state index in [-0.39, 0.29) is 24.1 Å². The van der Waals surface area contributed by atoms with Gasteiger partial charge in [-0.1, -0.05) is 0 Å². The van der Waals surface area contributed by atoms with Gasteiger partial charge >= 0.3 is 0 Å². The lowest BCUT2D eigenvalue weighted by atomic mass is 10.1. The minimum Gasteiger partial charge on any atom is -0.327 e. The molecule has 0 bridgehead atoms. The number of imide groups is 1. The summed E-state index contributed by atoms with van der Waals surface area (Å²) in [6.07, 6.45) is 3.29. The van der Waals surface area contributed by atoms with E-state index in [9.17, 15) is 18.8 Å². The molecule has 0 unspecified atom stereocenters. The van der Waals surface area contributed by atoms with Gasteiger partial charge in [-0.25, -0.2) is 9.29 Å². The number of benzene rings is 1. The maximum absolute atomic E-state index is 13.1. The van der Waals surface area contributed by atoms with Crippen molar-refractivity contribution in [1.29, 1.82) is 0 Å². The van der Waals surface area contributed by atoms with E-state index < -0.39 is 11.9 Å². The number of hydrogen-bond acceptors (Lipinski definition) is 4. The van der Waals surface area contributed by atoms with Gasteiger partial charge in [0.2, 0.25) is 5.91 Å². The molecule has 3 amide bonds. The summed E-state index contributed by atoms with van der Waals surface area (Å²) in [6.45, 7) is 2.20. The smallest absolute Gasteiger partial charge is 0.292 e. The summed E-state index contributed by atoms with van der Waals surface area (Å²) in [6, 6.07) is 8.34. The highest BCUT2D eigenvalue weighted by molar-refractivity contribution is 6.21. The Kier molecular flexibility index (Phi) is 4.87. The lowest BCUT2D eigenvalue weighted by Crippen LogP contribution is -3.19. The SMILES string of the molecule is O=C(c1cccnc1)N1CC[NH+]([C@@H]2CC(=O)N(c3ccc(F)cc3)C2=O)CC1. The van der Waals surface area contributed by atoms with Crippen molar-refractivity contribution in [3.05, 3.63) is 60.2 Å². The third kappa shape index (κ3) is 3.38. The van der Waals surface area contributed by atoms with Crippen LogP contribution in [-0.2, 0) is 9.59 Å². The third-order valence-electron chi connectivity index (χ3n) is 5.33. The molecule has 4 rings (SSSR count). The molecule has 2 aromatic rings. The molecule has 28 heavy (non-hydrogen) atoms. The standard InChI is InChI=1S/C20H19FN4O3/c21-15-3-5-16(6-4-15)25-18(26)12-17(20(25)28)23-8-10-24(11-9-23)19(27)14-2-1-7-22-13-14/h1-7,13,17H,8-12H2/p+1/t17-/m1/s1. The fourth-order valence-corrected chi connectivity index (χ4v) is 3.83. The molecule has 8 heteroatoms. The Labute approximate surface area is 161 Å². The molecule has 1 atom stereocenters. The zero-order chi connectivity index (χ0) is 19.7. The minimum absolute atomic E-state index is 0.0751. The van der Waals surface area contributed by atoms with Gasteiger partial charge in [-0.3, -0.25) is 19.4 Å². The van der Waals surface area contributed by atoms with Crippen molar-refractivity contribution >= 4 is 23.4 Å². The Morgan fingerprint density at radius 3 is 2.46 bits per heavy atom. The number of aromatic nitrogens is 1. The average molecular weight is 383 g/mol. The van der Waals surface area contributed by atoms with Gasteiger partial charge in [0, 0.05) is 12.4 Å². The molecule has 2 saturated heterocycles. The lowest BCUT2D eigenvalue weighted by molar-refractivity contribution is -0.918. The summed E-state index contributed by atoms with van der Waals surface area (Å²) in [5, 5.41) is 0. The maximum Gasteiger partial charge on any atom is 0.292 e. The van der Waals surface area contributed by atoms with Crippen molar-refractivity contribution in [3.8, 4) is 0 Å². The van der Waals surface area contributed by atoms with Crippen LogP contribution in [-0.4, -0.2) is 59.8 Å². The second-order valence-corrected chi connectivity index (χ2v) is 6.99. The van der Waals surface area contributed by atoms with E-state index in [2.05, 4.69) is 4.98 Å². The molecule has 0 radical (unpaired) electrons. The summed E-state index contributed by atoms with van der Waals surface area (Å²) in [7, 11) is 0. The van der Waals surface area contributed by atoms with Crippen LogP contribution in [0.3, 0.4) is 0 Å². The van der Waals surface area contributed by atoms with Crippen LogP contribution in [0.5, 0.6) is 0 Å². The predicted octanol–water partition coefficient (Wildman–Crippen LogP) is -0.106. The first-order valence-electron chi connectivity index (χ1n) is 9.21. The molecule has 2 aliphatic rings. The van der Waals surface area contributed by atoms with E-state index in [1.54, 1.807) is 29.4 Å². The Bertz CT molecular complexity index is 895. The van der Waals surface area contributed by atoms with Crippen LogP contribution in [0, 0.1) is 5.82 Å². The number of anilines is 1. The number of halogens is 1. The van der Waals surface area contributed by atoms with Crippen LogP contribution in [0.1, 0.15) is 16.8 Å². The number of hydrogen-bond donors (Lipinski definition) is 1. The topological polar surface area (TPSA) is 75.0 Å². The van der Waals surface area contributed by atoms with E-state index in [0.29, 0.717) is 37.4 Å². The highest BCUT2D eigenvalue weighted by Crippen LogP contribution is 2.22. The van der Waals surface area contributed by atoms with Gasteiger partial charge in [-0.15, -0.1) is 0 Å². The second kappa shape index (κ2) is 7.47. The quantitative estimate of drug-likeness (QED) is 0.751. The number of amides is 3. The number of nitrogens with zero attached hydrogens (tertiary/aromatic N) is 3. The maximum atomic E-state index is 13.1. The number of carbonyl (C=O) groups excluding carboxylic acids is 3. The zero-order valence-electron chi connectivity index (χ0n) is 15.2. The molecule has 144 valence electrons. The van der Waals surface area contributed by atoms with Crippen LogP contribution in [0.15, 0.2) is 48.8 Å². The summed E-state index contributed by atoms with van der Waals surface area (Å²) in [4.78, 5) is 45.6. The first-order chi connectivity index (χ1) is 13.5. The van der Waals surface area contributed by atoms with Gasteiger partial charge < -0.3 is 9.80 Å². The highest BCUT2D eigenvalue weighted by atomic mass is 19.1. The van der Waals surface area contributed by atoms with Crippen LogP contribution >= 0.6 is 0 Å². The van der Waals surface area contributed by atoms with E-state index >= 15 is 0 Å². The van der Waals surface area contributed by atoms with Gasteiger partial charge in [-0.2, -0.15) is 0 Å². The number of pyridine rings is 1. The summed E-state index contributed by atoms with van der Waals surface area (Å²) < 4.78 is 13.1. The highest BCUT2D eigenvalue weighted by Gasteiger charge is 2.46. The molecule has 2 aliphatic heterocycles. The summed E-state index contributed by atoms with van der Waals surface area (Å²) in [5.74, 6) is -1.03. The predicted molar refractivity (Wildman–Crippen MR) is 98.1 cm³/mol. The first kappa shape index (κ1) is 18.2. The molecule has 0 aliphatic carbocycles. The average Bonchev–Trinajstić information content (AvgIpc) is 3.03. The Hall–Kier alpha value is -3.13. The molecule has 7 nitrogen and oxygen atoms in total. The lowest BCUT2D eigenvalue weighted by Gasteiger charge is -2.34. The fourth-order valence-electron chi connectivity index (χ4n) is 3.83. The Balaban J connectivity index is 1.41. The van der Waals surface area contributed by atoms with Gasteiger partial charge in [0.15, 0.2) is 6.04 Å². The molecule has 0 spiro atoms. The molecule has 1 aromatic heterocycles. The van der Waals surface area contributed by atoms with Gasteiger partial charge in [0.25, 0.3) is 11.8 Å². The first-order valence-corrected chi connectivity index (χ1v) is 9.21. The normalized spacial score (nSPS) is 20.7. The Morgan fingerprint density at radius 2 is 1.82 bits per heavy atom. The summed E-state index contributed by atoms with van der Waals surface area (Å²) in [5.41, 5.74) is 0.934. The van der Waals surface area contributed by atoms with Crippen molar-refractivity contribution in [2.24, 2.45) is 0 Å². The van der Waals surface area contributed by atoms with Crippen LogP contribution in [0.25, 0.3) is 0 Å². The molecule has 3 heterocycles. The molecule has 1 aromatic carbocycles. The second-order valence-electron chi connectivity index (χ2n) is 6.99. The van der Waals surface area contributed by atoms with Gasteiger partial charge in [-0.05, 0) is 36.4 Å². The van der Waals surface area contributed by atoms with E-state index in [4.69, 9.17) is 0 Å². The molecule has 1 N–H and O–H groups in total. The molecular weight excluding hydrogens is 363 g/mol. The van der Waals surface area contributed by atoms with Gasteiger partial charge in [0.05, 0.1) is 43.9 Å². The van der Waals surface area contributed by atoms with E-state index in [1.165, 1.54) is 24.3 Å². The van der Waals surface area contributed by atoms with Crippen molar-refractivity contribution in [1.82, 2.24) is 9.88 Å². The van der Waals surface area contributed by atoms with E-state index in [0.717, 1.165) is 9.80 Å². The van der Waals surface area contributed by atoms with Crippen molar-refractivity contribution in [2.45, 2.75) is 12.5 Å². The van der Waals surface area contributed by atoms with Gasteiger partial charge in [0.1, 0.15) is 5.82 Å². The number of nitrogens with one attached hydrogen (secondary N) is 1. The monoisotopic (exact) mass is 383 g/mol. The minimum atomic E-state index is -0.465. The van der Waals surface area contributed by atoms with E-state index in [1.807, 2.05) is 0 Å². The van der Waals surface area contributed by atoms with Crippen LogP contribution in [0.4, 0.5) is 10.1 Å². The van der Waals surface area contributed by atoms with Crippen molar-refractivity contribution in [3.63, 3.8) is 0 Å². The molecule has 0 saturated carbocycles.